The van der Waals surface area contributed by atoms with Crippen molar-refractivity contribution in [3.63, 3.8) is 0 Å². The summed E-state index contributed by atoms with van der Waals surface area (Å²) in [5, 5.41) is 0. The van der Waals surface area contributed by atoms with Crippen molar-refractivity contribution in [1.29, 1.82) is 0 Å². The smallest absolute Gasteiger partial charge is 0.125 e. The molecule has 1 fully saturated rings. The zero-order valence-corrected chi connectivity index (χ0v) is 11.4. The van der Waals surface area contributed by atoms with E-state index in [1.165, 1.54) is 12.1 Å². The molecule has 1 saturated heterocycles. The Balaban J connectivity index is 1.89. The van der Waals surface area contributed by atoms with Crippen molar-refractivity contribution in [3.8, 4) is 5.75 Å². The van der Waals surface area contributed by atoms with Gasteiger partial charge in [0.15, 0.2) is 0 Å². The fourth-order valence-electron chi connectivity index (χ4n) is 3.30. The molecule has 2 N–H and O–H groups in total. The second kappa shape index (κ2) is 4.76. The van der Waals surface area contributed by atoms with Gasteiger partial charge < -0.3 is 15.4 Å². The molecule has 0 radical (unpaired) electrons. The van der Waals surface area contributed by atoms with Crippen LogP contribution in [0.1, 0.15) is 37.3 Å². The summed E-state index contributed by atoms with van der Waals surface area (Å²) in [5.41, 5.74) is 6.90. The highest BCUT2D eigenvalue weighted by Gasteiger charge is 2.40. The molecular formula is C15H21FN2O. The number of benzene rings is 1. The molecule has 3 nitrogen and oxygen atoms in total. The monoisotopic (exact) mass is 264 g/mol. The molecule has 2 atom stereocenters. The quantitative estimate of drug-likeness (QED) is 0.782. The number of nitrogens with two attached hydrogens (primary N) is 1. The van der Waals surface area contributed by atoms with Gasteiger partial charge in [0.25, 0.3) is 0 Å². The molecule has 19 heavy (non-hydrogen) atoms. The first-order valence-corrected chi connectivity index (χ1v) is 7.01. The maximum atomic E-state index is 13.3. The van der Waals surface area contributed by atoms with E-state index in [4.69, 9.17) is 10.5 Å². The third-order valence-corrected chi connectivity index (χ3v) is 4.41. The Kier molecular flexibility index (Phi) is 3.23. The summed E-state index contributed by atoms with van der Waals surface area (Å²) in [7, 11) is 2.14. The number of hydrogen-bond acceptors (Lipinski definition) is 3. The molecule has 1 aromatic carbocycles. The number of nitrogens with zero attached hydrogens (tertiary/aromatic N) is 1. The lowest BCUT2D eigenvalue weighted by molar-refractivity contribution is 0.0221. The van der Waals surface area contributed by atoms with Crippen LogP contribution in [0, 0.1) is 5.82 Å². The van der Waals surface area contributed by atoms with Gasteiger partial charge in [-0.15, -0.1) is 0 Å². The van der Waals surface area contributed by atoms with E-state index < -0.39 is 0 Å². The molecular weight excluding hydrogens is 243 g/mol. The third-order valence-electron chi connectivity index (χ3n) is 4.41. The van der Waals surface area contributed by atoms with E-state index in [1.807, 2.05) is 0 Å². The van der Waals surface area contributed by atoms with E-state index >= 15 is 0 Å². The number of likely N-dealkylation sites (tertiary alicyclic amines) is 1. The molecule has 2 aliphatic rings. The van der Waals surface area contributed by atoms with Crippen molar-refractivity contribution in [2.45, 2.75) is 37.3 Å². The van der Waals surface area contributed by atoms with E-state index in [0.717, 1.165) is 50.1 Å². The average molecular weight is 264 g/mol. The highest BCUT2D eigenvalue weighted by atomic mass is 19.1. The second-order valence-corrected chi connectivity index (χ2v) is 5.93. The normalized spacial score (nSPS) is 31.6. The predicted molar refractivity (Wildman–Crippen MR) is 72.7 cm³/mol. The van der Waals surface area contributed by atoms with Gasteiger partial charge in [0.05, 0.1) is 0 Å². The van der Waals surface area contributed by atoms with Crippen molar-refractivity contribution in [1.82, 2.24) is 4.90 Å². The Morgan fingerprint density at radius 1 is 1.37 bits per heavy atom. The minimum Gasteiger partial charge on any atom is -0.487 e. The summed E-state index contributed by atoms with van der Waals surface area (Å²) in [4.78, 5) is 2.34. The van der Waals surface area contributed by atoms with Gasteiger partial charge in [-0.2, -0.15) is 0 Å². The number of rotatable bonds is 0. The Morgan fingerprint density at radius 3 is 3.05 bits per heavy atom. The second-order valence-electron chi connectivity index (χ2n) is 5.93. The Labute approximate surface area is 113 Å². The van der Waals surface area contributed by atoms with Gasteiger partial charge in [-0.3, -0.25) is 0 Å². The van der Waals surface area contributed by atoms with Gasteiger partial charge in [-0.1, -0.05) is 0 Å². The molecule has 4 heteroatoms. The molecule has 0 aromatic heterocycles. The molecule has 0 amide bonds. The fourth-order valence-corrected chi connectivity index (χ4v) is 3.30. The summed E-state index contributed by atoms with van der Waals surface area (Å²) in [6.45, 7) is 2.14. The lowest BCUT2D eigenvalue weighted by Crippen LogP contribution is -2.43. The Bertz CT molecular complexity index is 479. The molecule has 1 aromatic rings. The first-order valence-electron chi connectivity index (χ1n) is 7.01. The lowest BCUT2D eigenvalue weighted by Gasteiger charge is -2.41. The molecule has 2 aliphatic heterocycles. The number of hydrogen-bond donors (Lipinski definition) is 1. The van der Waals surface area contributed by atoms with Crippen LogP contribution >= 0.6 is 0 Å². The van der Waals surface area contributed by atoms with E-state index in [2.05, 4.69) is 11.9 Å². The maximum absolute atomic E-state index is 13.3. The lowest BCUT2D eigenvalue weighted by atomic mass is 9.82. The van der Waals surface area contributed by atoms with Crippen LogP contribution in [0.2, 0.25) is 0 Å². The molecule has 0 aliphatic carbocycles. The molecule has 3 rings (SSSR count). The maximum Gasteiger partial charge on any atom is 0.125 e. The molecule has 1 spiro atoms. The molecule has 2 heterocycles. The highest BCUT2D eigenvalue weighted by Crippen LogP contribution is 2.43. The van der Waals surface area contributed by atoms with Crippen molar-refractivity contribution < 1.29 is 9.13 Å². The van der Waals surface area contributed by atoms with Crippen LogP contribution in [0.4, 0.5) is 4.39 Å². The van der Waals surface area contributed by atoms with Gasteiger partial charge in [-0.05, 0) is 51.1 Å². The zero-order valence-electron chi connectivity index (χ0n) is 11.4. The SMILES string of the molecule is CN1CCCC2(CC1)CC(N)c1cc(F)ccc1O2. The summed E-state index contributed by atoms with van der Waals surface area (Å²) in [5.74, 6) is 0.527. The largest absolute Gasteiger partial charge is 0.487 e. The van der Waals surface area contributed by atoms with Crippen molar-refractivity contribution in [2.75, 3.05) is 20.1 Å². The zero-order chi connectivity index (χ0) is 13.5. The van der Waals surface area contributed by atoms with E-state index in [0.29, 0.717) is 0 Å². The van der Waals surface area contributed by atoms with Crippen LogP contribution in [0.25, 0.3) is 0 Å². The summed E-state index contributed by atoms with van der Waals surface area (Å²) in [6, 6.07) is 4.56. The van der Waals surface area contributed by atoms with E-state index in [1.54, 1.807) is 6.07 Å². The van der Waals surface area contributed by atoms with Gasteiger partial charge >= 0.3 is 0 Å². The fraction of sp³-hybridized carbons (Fsp3) is 0.600. The minimum atomic E-state index is -0.241. The molecule has 104 valence electrons. The summed E-state index contributed by atoms with van der Waals surface area (Å²) < 4.78 is 19.5. The Hall–Kier alpha value is -1.13. The van der Waals surface area contributed by atoms with Gasteiger partial charge in [0.1, 0.15) is 17.2 Å². The first kappa shape index (κ1) is 12.9. The minimum absolute atomic E-state index is 0.122. The predicted octanol–water partition coefficient (Wildman–Crippen LogP) is 2.46. The number of ether oxygens (including phenoxy) is 1. The topological polar surface area (TPSA) is 38.5 Å². The Morgan fingerprint density at radius 2 is 2.21 bits per heavy atom. The van der Waals surface area contributed by atoms with Crippen molar-refractivity contribution in [3.05, 3.63) is 29.6 Å². The average Bonchev–Trinajstić information content (AvgIpc) is 2.54. The standard InChI is InChI=1S/C15H21FN2O/c1-18-7-2-5-15(6-8-18)10-13(17)12-9-11(16)3-4-14(12)19-15/h3-4,9,13H,2,5-8,10,17H2,1H3. The van der Waals surface area contributed by atoms with Crippen LogP contribution in [0.5, 0.6) is 5.75 Å². The molecule has 0 bridgehead atoms. The van der Waals surface area contributed by atoms with Gasteiger partial charge in [0.2, 0.25) is 0 Å². The van der Waals surface area contributed by atoms with Crippen LogP contribution in [0.15, 0.2) is 18.2 Å². The summed E-state index contributed by atoms with van der Waals surface area (Å²) >= 11 is 0. The van der Waals surface area contributed by atoms with Crippen LogP contribution in [-0.2, 0) is 0 Å². The third kappa shape index (κ3) is 2.47. The van der Waals surface area contributed by atoms with Crippen molar-refractivity contribution >= 4 is 0 Å². The van der Waals surface area contributed by atoms with Crippen LogP contribution in [-0.4, -0.2) is 30.6 Å². The molecule has 2 unspecified atom stereocenters. The number of fused-ring (bicyclic) bond motifs is 1. The number of halogens is 1. The van der Waals surface area contributed by atoms with E-state index in [-0.39, 0.29) is 17.5 Å². The summed E-state index contributed by atoms with van der Waals surface area (Å²) in [6.07, 6.45) is 3.94. The van der Waals surface area contributed by atoms with Gasteiger partial charge in [-0.25, -0.2) is 4.39 Å². The van der Waals surface area contributed by atoms with Crippen LogP contribution < -0.4 is 10.5 Å². The highest BCUT2D eigenvalue weighted by molar-refractivity contribution is 5.39. The molecule has 0 saturated carbocycles. The van der Waals surface area contributed by atoms with Crippen molar-refractivity contribution in [2.24, 2.45) is 5.73 Å². The van der Waals surface area contributed by atoms with Crippen LogP contribution in [0.3, 0.4) is 0 Å². The first-order chi connectivity index (χ1) is 9.08. The van der Waals surface area contributed by atoms with Gasteiger partial charge in [0, 0.05) is 24.6 Å². The van der Waals surface area contributed by atoms with E-state index in [9.17, 15) is 4.39 Å².